The molecular formula is C12H16ClFN2O. The highest BCUT2D eigenvalue weighted by Crippen LogP contribution is 2.23. The largest absolute Gasteiger partial charge is 0.377 e. The third-order valence-corrected chi connectivity index (χ3v) is 3.08. The molecule has 0 aliphatic carbocycles. The van der Waals surface area contributed by atoms with Gasteiger partial charge in [-0.1, -0.05) is 11.6 Å². The summed E-state index contributed by atoms with van der Waals surface area (Å²) in [6, 6.07) is 1.30. The molecule has 1 unspecified atom stereocenters. The van der Waals surface area contributed by atoms with Gasteiger partial charge >= 0.3 is 0 Å². The Hall–Kier alpha value is -0.870. The van der Waals surface area contributed by atoms with Crippen molar-refractivity contribution in [1.82, 2.24) is 4.98 Å². The molecule has 1 atom stereocenters. The van der Waals surface area contributed by atoms with Crippen LogP contribution in [0.1, 0.15) is 19.8 Å². The third-order valence-electron chi connectivity index (χ3n) is 2.87. The van der Waals surface area contributed by atoms with Crippen LogP contribution in [0.25, 0.3) is 0 Å². The first-order valence-corrected chi connectivity index (χ1v) is 6.26. The van der Waals surface area contributed by atoms with E-state index in [1.54, 1.807) is 0 Å². The van der Waals surface area contributed by atoms with Crippen LogP contribution in [-0.4, -0.2) is 30.8 Å². The fourth-order valence-electron chi connectivity index (χ4n) is 2.14. The lowest BCUT2D eigenvalue weighted by molar-refractivity contribution is 0.0524. The van der Waals surface area contributed by atoms with Gasteiger partial charge in [0.05, 0.1) is 11.1 Å². The topological polar surface area (TPSA) is 25.4 Å². The number of piperidine rings is 1. The molecule has 1 aromatic heterocycles. The molecule has 0 saturated carbocycles. The summed E-state index contributed by atoms with van der Waals surface area (Å²) in [7, 11) is 0. The number of halogens is 2. The molecule has 3 nitrogen and oxygen atoms in total. The number of anilines is 1. The smallest absolute Gasteiger partial charge is 0.167 e. The van der Waals surface area contributed by atoms with E-state index in [9.17, 15) is 4.39 Å². The Balaban J connectivity index is 2.10. The van der Waals surface area contributed by atoms with Crippen molar-refractivity contribution in [2.24, 2.45) is 0 Å². The Bertz CT molecular complexity index is 387. The van der Waals surface area contributed by atoms with E-state index < -0.39 is 0 Å². The molecule has 2 heterocycles. The van der Waals surface area contributed by atoms with Crippen LogP contribution in [0, 0.1) is 5.82 Å². The number of hydrogen-bond acceptors (Lipinski definition) is 3. The maximum Gasteiger partial charge on any atom is 0.167 e. The zero-order chi connectivity index (χ0) is 12.3. The van der Waals surface area contributed by atoms with Gasteiger partial charge in [0, 0.05) is 25.9 Å². The van der Waals surface area contributed by atoms with Crippen molar-refractivity contribution in [2.45, 2.75) is 25.9 Å². The second-order valence-electron chi connectivity index (χ2n) is 4.12. The number of ether oxygens (including phenoxy) is 1. The zero-order valence-electron chi connectivity index (χ0n) is 9.83. The number of pyridine rings is 1. The van der Waals surface area contributed by atoms with Crippen LogP contribution in [0.3, 0.4) is 0 Å². The quantitative estimate of drug-likeness (QED) is 0.834. The lowest BCUT2D eigenvalue weighted by atomic mass is 10.1. The Morgan fingerprint density at radius 2 is 2.47 bits per heavy atom. The maximum atomic E-state index is 13.7. The number of nitrogens with zero attached hydrogens (tertiary/aromatic N) is 2. The van der Waals surface area contributed by atoms with Crippen LogP contribution < -0.4 is 4.90 Å². The minimum absolute atomic E-state index is 0.172. The van der Waals surface area contributed by atoms with E-state index in [1.807, 2.05) is 11.8 Å². The number of aromatic nitrogens is 1. The minimum Gasteiger partial charge on any atom is -0.377 e. The van der Waals surface area contributed by atoms with E-state index in [0.717, 1.165) is 19.4 Å². The molecule has 0 N–H and O–H groups in total. The summed E-state index contributed by atoms with van der Waals surface area (Å²) in [4.78, 5) is 5.99. The van der Waals surface area contributed by atoms with E-state index in [1.165, 1.54) is 12.3 Å². The summed E-state index contributed by atoms with van der Waals surface area (Å²) >= 11 is 5.69. The molecule has 17 heavy (non-hydrogen) atoms. The summed E-state index contributed by atoms with van der Waals surface area (Å²) in [6.07, 6.45) is 3.67. The van der Waals surface area contributed by atoms with E-state index >= 15 is 0 Å². The van der Waals surface area contributed by atoms with Gasteiger partial charge in [-0.3, -0.25) is 0 Å². The van der Waals surface area contributed by atoms with Crippen molar-refractivity contribution in [3.63, 3.8) is 0 Å². The van der Waals surface area contributed by atoms with Gasteiger partial charge in [0.2, 0.25) is 0 Å². The summed E-state index contributed by atoms with van der Waals surface area (Å²) in [5.74, 6) is 0.00783. The lowest BCUT2D eigenvalue weighted by Crippen LogP contribution is -2.40. The van der Waals surface area contributed by atoms with E-state index in [4.69, 9.17) is 16.3 Å². The molecule has 0 bridgehead atoms. The van der Waals surface area contributed by atoms with Crippen molar-refractivity contribution >= 4 is 17.4 Å². The lowest BCUT2D eigenvalue weighted by Gasteiger charge is -2.33. The second kappa shape index (κ2) is 5.65. The zero-order valence-corrected chi connectivity index (χ0v) is 10.6. The SMILES string of the molecule is CCOC1CCCN(c2ncc(Cl)cc2F)C1. The van der Waals surface area contributed by atoms with Crippen LogP contribution in [0.4, 0.5) is 10.2 Å². The van der Waals surface area contributed by atoms with Crippen molar-refractivity contribution < 1.29 is 9.13 Å². The first-order chi connectivity index (χ1) is 8.20. The Labute approximate surface area is 106 Å². The van der Waals surface area contributed by atoms with Gasteiger partial charge in [0.1, 0.15) is 0 Å². The van der Waals surface area contributed by atoms with Crippen LogP contribution >= 0.6 is 11.6 Å². The van der Waals surface area contributed by atoms with Gasteiger partial charge in [0.25, 0.3) is 0 Å². The van der Waals surface area contributed by atoms with Crippen LogP contribution in [0.5, 0.6) is 0 Å². The summed E-state index contributed by atoms with van der Waals surface area (Å²) in [5, 5.41) is 0.324. The van der Waals surface area contributed by atoms with Crippen molar-refractivity contribution in [1.29, 1.82) is 0 Å². The Kier molecular flexibility index (Phi) is 4.18. The molecule has 0 radical (unpaired) electrons. The average Bonchev–Trinajstić information content (AvgIpc) is 2.29. The molecule has 94 valence electrons. The van der Waals surface area contributed by atoms with Crippen molar-refractivity contribution in [2.75, 3.05) is 24.6 Å². The van der Waals surface area contributed by atoms with Crippen molar-refractivity contribution in [3.05, 3.63) is 23.1 Å². The highest BCUT2D eigenvalue weighted by Gasteiger charge is 2.23. The van der Waals surface area contributed by atoms with E-state index in [2.05, 4.69) is 4.98 Å². The van der Waals surface area contributed by atoms with Gasteiger partial charge in [-0.05, 0) is 25.8 Å². The predicted molar refractivity (Wildman–Crippen MR) is 66.1 cm³/mol. The van der Waals surface area contributed by atoms with Crippen LogP contribution in [-0.2, 0) is 4.74 Å². The molecule has 1 fully saturated rings. The van der Waals surface area contributed by atoms with E-state index in [-0.39, 0.29) is 11.9 Å². The molecule has 0 amide bonds. The first-order valence-electron chi connectivity index (χ1n) is 5.88. The maximum absolute atomic E-state index is 13.7. The summed E-state index contributed by atoms with van der Waals surface area (Å²) in [5.41, 5.74) is 0. The van der Waals surface area contributed by atoms with Crippen LogP contribution in [0.2, 0.25) is 5.02 Å². The minimum atomic E-state index is -0.366. The Morgan fingerprint density at radius 1 is 1.65 bits per heavy atom. The molecule has 0 spiro atoms. The monoisotopic (exact) mass is 258 g/mol. The molecule has 1 saturated heterocycles. The summed E-state index contributed by atoms with van der Waals surface area (Å²) < 4.78 is 19.3. The molecule has 1 aliphatic heterocycles. The molecule has 2 rings (SSSR count). The first kappa shape index (κ1) is 12.6. The van der Waals surface area contributed by atoms with E-state index in [0.29, 0.717) is 24.0 Å². The van der Waals surface area contributed by atoms with Gasteiger partial charge in [0.15, 0.2) is 11.6 Å². The summed E-state index contributed by atoms with van der Waals surface area (Å²) in [6.45, 7) is 4.17. The molecule has 1 aliphatic rings. The Morgan fingerprint density at radius 3 is 3.18 bits per heavy atom. The van der Waals surface area contributed by atoms with Gasteiger partial charge in [-0.2, -0.15) is 0 Å². The van der Waals surface area contributed by atoms with Gasteiger partial charge in [-0.25, -0.2) is 9.37 Å². The molecule has 1 aromatic rings. The van der Waals surface area contributed by atoms with Gasteiger partial charge in [-0.15, -0.1) is 0 Å². The number of rotatable bonds is 3. The fourth-order valence-corrected chi connectivity index (χ4v) is 2.29. The highest BCUT2D eigenvalue weighted by molar-refractivity contribution is 6.30. The molecule has 0 aromatic carbocycles. The second-order valence-corrected chi connectivity index (χ2v) is 4.56. The predicted octanol–water partition coefficient (Wildman–Crippen LogP) is 2.88. The molecule has 5 heteroatoms. The molecular weight excluding hydrogens is 243 g/mol. The average molecular weight is 259 g/mol. The van der Waals surface area contributed by atoms with Gasteiger partial charge < -0.3 is 9.64 Å². The highest BCUT2D eigenvalue weighted by atomic mass is 35.5. The van der Waals surface area contributed by atoms with Crippen LogP contribution in [0.15, 0.2) is 12.3 Å². The third kappa shape index (κ3) is 3.07. The number of hydrogen-bond donors (Lipinski definition) is 0. The fraction of sp³-hybridized carbons (Fsp3) is 0.583. The van der Waals surface area contributed by atoms with Crippen molar-refractivity contribution in [3.8, 4) is 0 Å². The normalized spacial score (nSPS) is 20.6. The standard InChI is InChI=1S/C12H16ClFN2O/c1-2-17-10-4-3-5-16(8-10)12-11(14)6-9(13)7-15-12/h6-7,10H,2-5,8H2,1H3.